The SMILES string of the molecule is C=CN(/C=C\C)CC1(CNC(C)C)CC1. The van der Waals surface area contributed by atoms with Crippen LogP contribution in [0.1, 0.15) is 33.6 Å². The lowest BCUT2D eigenvalue weighted by atomic mass is 10.1. The molecule has 0 saturated heterocycles. The van der Waals surface area contributed by atoms with Crippen LogP contribution in [-0.2, 0) is 0 Å². The van der Waals surface area contributed by atoms with E-state index in [1.807, 2.05) is 13.1 Å². The lowest BCUT2D eigenvalue weighted by Crippen LogP contribution is -2.34. The molecule has 1 aliphatic rings. The van der Waals surface area contributed by atoms with Gasteiger partial charge in [-0.25, -0.2) is 0 Å². The molecule has 86 valence electrons. The van der Waals surface area contributed by atoms with Gasteiger partial charge in [-0.2, -0.15) is 0 Å². The molecule has 0 atom stereocenters. The quantitative estimate of drug-likeness (QED) is 0.692. The van der Waals surface area contributed by atoms with Crippen LogP contribution < -0.4 is 5.32 Å². The molecule has 0 aromatic heterocycles. The fourth-order valence-corrected chi connectivity index (χ4v) is 1.75. The molecule has 1 rings (SSSR count). The first-order valence-electron chi connectivity index (χ1n) is 5.86. The van der Waals surface area contributed by atoms with Crippen LogP contribution in [-0.4, -0.2) is 24.0 Å². The Morgan fingerprint density at radius 1 is 1.47 bits per heavy atom. The number of hydrogen-bond donors (Lipinski definition) is 1. The van der Waals surface area contributed by atoms with Crippen molar-refractivity contribution in [1.29, 1.82) is 0 Å². The predicted octanol–water partition coefficient (Wildman–Crippen LogP) is 2.74. The van der Waals surface area contributed by atoms with Gasteiger partial charge in [0.15, 0.2) is 0 Å². The minimum Gasteiger partial charge on any atom is -0.355 e. The minimum absolute atomic E-state index is 0.498. The Hall–Kier alpha value is -0.760. The maximum Gasteiger partial charge on any atom is 0.0287 e. The van der Waals surface area contributed by atoms with Crippen molar-refractivity contribution in [3.63, 3.8) is 0 Å². The summed E-state index contributed by atoms with van der Waals surface area (Å²) in [4.78, 5) is 2.19. The molecule has 1 saturated carbocycles. The average Bonchev–Trinajstić information content (AvgIpc) is 2.95. The van der Waals surface area contributed by atoms with Crippen LogP contribution >= 0.6 is 0 Å². The molecule has 0 heterocycles. The topological polar surface area (TPSA) is 15.3 Å². The number of hydrogen-bond acceptors (Lipinski definition) is 2. The molecule has 1 aliphatic carbocycles. The van der Waals surface area contributed by atoms with Gasteiger partial charge in [0.25, 0.3) is 0 Å². The summed E-state index contributed by atoms with van der Waals surface area (Å²) in [5.74, 6) is 0. The summed E-state index contributed by atoms with van der Waals surface area (Å²) in [7, 11) is 0. The van der Waals surface area contributed by atoms with Gasteiger partial charge in [0.05, 0.1) is 0 Å². The first kappa shape index (κ1) is 12.3. The molecule has 0 amide bonds. The predicted molar refractivity (Wildman–Crippen MR) is 66.5 cm³/mol. The van der Waals surface area contributed by atoms with Gasteiger partial charge in [-0.15, -0.1) is 0 Å². The molecule has 2 nitrogen and oxygen atoms in total. The molecule has 2 heteroatoms. The summed E-state index contributed by atoms with van der Waals surface area (Å²) in [6.07, 6.45) is 8.76. The Labute approximate surface area is 94.0 Å². The summed E-state index contributed by atoms with van der Waals surface area (Å²) in [6.45, 7) is 12.5. The highest BCUT2D eigenvalue weighted by molar-refractivity contribution is 5.01. The highest BCUT2D eigenvalue weighted by Crippen LogP contribution is 2.45. The monoisotopic (exact) mass is 208 g/mol. The van der Waals surface area contributed by atoms with Crippen LogP contribution in [0, 0.1) is 5.41 Å². The van der Waals surface area contributed by atoms with E-state index in [4.69, 9.17) is 0 Å². The average molecular weight is 208 g/mol. The molecule has 0 aliphatic heterocycles. The summed E-state index contributed by atoms with van der Waals surface area (Å²) >= 11 is 0. The summed E-state index contributed by atoms with van der Waals surface area (Å²) in [5, 5.41) is 3.53. The number of rotatable bonds is 7. The lowest BCUT2D eigenvalue weighted by molar-refractivity contribution is 0.338. The number of nitrogens with zero attached hydrogens (tertiary/aromatic N) is 1. The van der Waals surface area contributed by atoms with Crippen molar-refractivity contribution in [2.75, 3.05) is 13.1 Å². The molecule has 0 bridgehead atoms. The van der Waals surface area contributed by atoms with Crippen LogP contribution in [0.5, 0.6) is 0 Å². The van der Waals surface area contributed by atoms with E-state index in [1.54, 1.807) is 0 Å². The second-order valence-corrected chi connectivity index (χ2v) is 4.87. The fourth-order valence-electron chi connectivity index (χ4n) is 1.75. The van der Waals surface area contributed by atoms with E-state index in [2.05, 4.69) is 42.9 Å². The van der Waals surface area contributed by atoms with Crippen molar-refractivity contribution in [3.05, 3.63) is 25.1 Å². The lowest BCUT2D eigenvalue weighted by Gasteiger charge is -2.24. The van der Waals surface area contributed by atoms with Gasteiger partial charge >= 0.3 is 0 Å². The van der Waals surface area contributed by atoms with Crippen LogP contribution in [0.25, 0.3) is 0 Å². The van der Waals surface area contributed by atoms with Gasteiger partial charge in [0, 0.05) is 24.5 Å². The van der Waals surface area contributed by atoms with Crippen molar-refractivity contribution in [2.45, 2.75) is 39.7 Å². The normalized spacial score (nSPS) is 18.4. The molecular weight excluding hydrogens is 184 g/mol. The van der Waals surface area contributed by atoms with Crippen LogP contribution in [0.15, 0.2) is 25.1 Å². The van der Waals surface area contributed by atoms with Crippen molar-refractivity contribution >= 4 is 0 Å². The Morgan fingerprint density at radius 3 is 2.53 bits per heavy atom. The third-order valence-electron chi connectivity index (χ3n) is 2.94. The molecular formula is C13H24N2. The largest absolute Gasteiger partial charge is 0.355 e. The molecule has 0 spiro atoms. The zero-order valence-corrected chi connectivity index (χ0v) is 10.3. The van der Waals surface area contributed by atoms with Gasteiger partial charge in [-0.05, 0) is 32.2 Å². The highest BCUT2D eigenvalue weighted by Gasteiger charge is 2.42. The summed E-state index contributed by atoms with van der Waals surface area (Å²) in [6, 6.07) is 0.585. The summed E-state index contributed by atoms with van der Waals surface area (Å²) in [5.41, 5.74) is 0.498. The third kappa shape index (κ3) is 4.08. The standard InChI is InChI=1S/C13H24N2/c1-5-9-15(6-2)11-13(7-8-13)10-14-12(3)4/h5-6,9,12,14H,2,7-8,10-11H2,1,3-4H3/b9-5-. The summed E-state index contributed by atoms with van der Waals surface area (Å²) < 4.78 is 0. The number of nitrogens with one attached hydrogen (secondary N) is 1. The molecule has 1 N–H and O–H groups in total. The van der Waals surface area contributed by atoms with E-state index in [0.29, 0.717) is 11.5 Å². The minimum atomic E-state index is 0.498. The smallest absolute Gasteiger partial charge is 0.0287 e. The van der Waals surface area contributed by atoms with E-state index in [9.17, 15) is 0 Å². The first-order chi connectivity index (χ1) is 7.12. The van der Waals surface area contributed by atoms with Crippen LogP contribution in [0.3, 0.4) is 0 Å². The maximum absolute atomic E-state index is 3.84. The van der Waals surface area contributed by atoms with Crippen LogP contribution in [0.2, 0.25) is 0 Å². The first-order valence-corrected chi connectivity index (χ1v) is 5.86. The maximum atomic E-state index is 3.84. The zero-order valence-electron chi connectivity index (χ0n) is 10.3. The van der Waals surface area contributed by atoms with Crippen molar-refractivity contribution < 1.29 is 0 Å². The van der Waals surface area contributed by atoms with Crippen LogP contribution in [0.4, 0.5) is 0 Å². The van der Waals surface area contributed by atoms with E-state index in [0.717, 1.165) is 13.1 Å². The van der Waals surface area contributed by atoms with Gasteiger partial charge < -0.3 is 10.2 Å². The molecule has 0 aromatic carbocycles. The molecule has 15 heavy (non-hydrogen) atoms. The molecule has 0 aromatic rings. The Kier molecular flexibility index (Phi) is 4.40. The molecule has 1 fully saturated rings. The van der Waals surface area contributed by atoms with Crippen molar-refractivity contribution in [3.8, 4) is 0 Å². The molecule has 0 unspecified atom stereocenters. The van der Waals surface area contributed by atoms with E-state index >= 15 is 0 Å². The Morgan fingerprint density at radius 2 is 2.13 bits per heavy atom. The zero-order chi connectivity index (χ0) is 11.3. The third-order valence-corrected chi connectivity index (χ3v) is 2.94. The fraction of sp³-hybridized carbons (Fsp3) is 0.692. The van der Waals surface area contributed by atoms with E-state index in [1.165, 1.54) is 12.8 Å². The second-order valence-electron chi connectivity index (χ2n) is 4.87. The second kappa shape index (κ2) is 5.36. The van der Waals surface area contributed by atoms with Gasteiger partial charge in [0.1, 0.15) is 0 Å². The van der Waals surface area contributed by atoms with Gasteiger partial charge in [0.2, 0.25) is 0 Å². The Bertz CT molecular complexity index is 227. The van der Waals surface area contributed by atoms with E-state index in [-0.39, 0.29) is 0 Å². The van der Waals surface area contributed by atoms with Gasteiger partial charge in [-0.3, -0.25) is 0 Å². The molecule has 0 radical (unpaired) electrons. The Balaban J connectivity index is 2.38. The highest BCUT2D eigenvalue weighted by atomic mass is 15.1. The van der Waals surface area contributed by atoms with Gasteiger partial charge in [-0.1, -0.05) is 26.5 Å². The van der Waals surface area contributed by atoms with E-state index < -0.39 is 0 Å². The van der Waals surface area contributed by atoms with Crippen molar-refractivity contribution in [2.24, 2.45) is 5.41 Å². The van der Waals surface area contributed by atoms with Crippen molar-refractivity contribution in [1.82, 2.24) is 10.2 Å². The number of allylic oxidation sites excluding steroid dienone is 1.